The average Bonchev–Trinajstić information content (AvgIpc) is 3.03. The number of carbonyl (C=O) groups is 1. The van der Waals surface area contributed by atoms with Crippen LogP contribution in [-0.4, -0.2) is 27.3 Å². The fourth-order valence-electron chi connectivity index (χ4n) is 2.36. The van der Waals surface area contributed by atoms with Crippen LogP contribution in [0.2, 0.25) is 0 Å². The van der Waals surface area contributed by atoms with E-state index < -0.39 is 12.0 Å². The van der Waals surface area contributed by atoms with Crippen LogP contribution < -0.4 is 5.32 Å². The minimum Gasteiger partial charge on any atom is -0.480 e. The van der Waals surface area contributed by atoms with Crippen molar-refractivity contribution in [2.24, 2.45) is 5.92 Å². The van der Waals surface area contributed by atoms with Crippen molar-refractivity contribution in [2.45, 2.75) is 39.3 Å². The summed E-state index contributed by atoms with van der Waals surface area (Å²) in [5, 5.41) is 20.0. The minimum atomic E-state index is -0.835. The van der Waals surface area contributed by atoms with Crippen LogP contribution in [0, 0.1) is 19.8 Å². The lowest BCUT2D eigenvalue weighted by Gasteiger charge is -2.11. The number of hydrogen-bond donors (Lipinski definition) is 2. The maximum atomic E-state index is 11.1. The van der Waals surface area contributed by atoms with Gasteiger partial charge in [0.15, 0.2) is 0 Å². The molecule has 1 saturated carbocycles. The zero-order chi connectivity index (χ0) is 15.0. The first-order valence-electron chi connectivity index (χ1n) is 6.90. The van der Waals surface area contributed by atoms with Gasteiger partial charge < -0.3 is 13.9 Å². The van der Waals surface area contributed by atoms with Crippen LogP contribution in [0.1, 0.15) is 30.3 Å². The van der Waals surface area contributed by atoms with Crippen LogP contribution in [-0.2, 0) is 11.3 Å². The molecule has 21 heavy (non-hydrogen) atoms. The Morgan fingerprint density at radius 1 is 1.43 bits per heavy atom. The number of carboxylic acid groups (broad SMARTS) is 1. The molecule has 1 fully saturated rings. The van der Waals surface area contributed by atoms with E-state index in [1.165, 1.54) is 0 Å². The van der Waals surface area contributed by atoms with E-state index in [0.717, 1.165) is 29.9 Å². The zero-order valence-electron chi connectivity index (χ0n) is 11.9. The molecule has 0 bridgehead atoms. The fourth-order valence-corrected chi connectivity index (χ4v) is 2.36. The van der Waals surface area contributed by atoms with Crippen molar-refractivity contribution >= 4 is 5.97 Å². The number of nitrogens with zero attached hydrogens (tertiary/aromatic N) is 2. The lowest BCUT2D eigenvalue weighted by molar-refractivity contribution is -0.140. The Balaban J connectivity index is 1.67. The molecule has 1 unspecified atom stereocenters. The van der Waals surface area contributed by atoms with Crippen LogP contribution in [0.5, 0.6) is 0 Å². The van der Waals surface area contributed by atoms with E-state index >= 15 is 0 Å². The van der Waals surface area contributed by atoms with E-state index in [1.807, 2.05) is 19.9 Å². The summed E-state index contributed by atoms with van der Waals surface area (Å²) in [6, 6.07) is 1.29. The van der Waals surface area contributed by atoms with Gasteiger partial charge in [-0.1, -0.05) is 0 Å². The second kappa shape index (κ2) is 5.33. The fraction of sp³-hybridized carbons (Fsp3) is 0.500. The van der Waals surface area contributed by atoms with Crippen molar-refractivity contribution in [1.29, 1.82) is 0 Å². The third-order valence-corrected chi connectivity index (χ3v) is 3.57. The van der Waals surface area contributed by atoms with Gasteiger partial charge in [0.05, 0.1) is 12.1 Å². The molecule has 1 aliphatic carbocycles. The van der Waals surface area contributed by atoms with Gasteiger partial charge in [0, 0.05) is 0 Å². The topological polar surface area (TPSA) is 101 Å². The Bertz CT molecular complexity index is 657. The molecule has 2 aromatic heterocycles. The van der Waals surface area contributed by atoms with Crippen LogP contribution in [0.15, 0.2) is 14.9 Å². The summed E-state index contributed by atoms with van der Waals surface area (Å²) in [7, 11) is 0. The minimum absolute atomic E-state index is 0.212. The molecule has 2 aromatic rings. The van der Waals surface area contributed by atoms with Crippen molar-refractivity contribution in [2.75, 3.05) is 0 Å². The number of furan rings is 1. The van der Waals surface area contributed by atoms with E-state index in [4.69, 9.17) is 13.9 Å². The van der Waals surface area contributed by atoms with Gasteiger partial charge in [-0.3, -0.25) is 10.1 Å². The predicted molar refractivity (Wildman–Crippen MR) is 72.5 cm³/mol. The van der Waals surface area contributed by atoms with Crippen molar-refractivity contribution in [3.8, 4) is 11.5 Å². The Morgan fingerprint density at radius 2 is 2.19 bits per heavy atom. The molecule has 1 aliphatic rings. The highest BCUT2D eigenvalue weighted by Crippen LogP contribution is 2.33. The van der Waals surface area contributed by atoms with E-state index in [9.17, 15) is 4.79 Å². The molecule has 0 radical (unpaired) electrons. The third kappa shape index (κ3) is 2.97. The molecule has 2 heterocycles. The van der Waals surface area contributed by atoms with Crippen LogP contribution in [0.3, 0.4) is 0 Å². The van der Waals surface area contributed by atoms with E-state index in [1.54, 1.807) is 0 Å². The Labute approximate surface area is 121 Å². The van der Waals surface area contributed by atoms with Crippen LogP contribution in [0.25, 0.3) is 11.5 Å². The summed E-state index contributed by atoms with van der Waals surface area (Å²) in [6.07, 6.45) is 1.90. The highest BCUT2D eigenvalue weighted by molar-refractivity contribution is 5.74. The highest BCUT2D eigenvalue weighted by Gasteiger charge is 2.36. The largest absolute Gasteiger partial charge is 0.480 e. The smallest absolute Gasteiger partial charge is 0.320 e. The van der Waals surface area contributed by atoms with Crippen LogP contribution >= 0.6 is 0 Å². The molecule has 7 heteroatoms. The van der Waals surface area contributed by atoms with E-state index in [-0.39, 0.29) is 12.5 Å². The lowest BCUT2D eigenvalue weighted by atomic mass is 10.2. The van der Waals surface area contributed by atoms with Gasteiger partial charge in [0.1, 0.15) is 17.6 Å². The first-order valence-corrected chi connectivity index (χ1v) is 6.90. The van der Waals surface area contributed by atoms with Gasteiger partial charge in [-0.15, -0.1) is 10.2 Å². The van der Waals surface area contributed by atoms with Crippen molar-refractivity contribution in [3.63, 3.8) is 0 Å². The summed E-state index contributed by atoms with van der Waals surface area (Å²) in [6.45, 7) is 3.93. The van der Waals surface area contributed by atoms with Crippen LogP contribution in [0.4, 0.5) is 0 Å². The maximum absolute atomic E-state index is 11.1. The van der Waals surface area contributed by atoms with Gasteiger partial charge >= 0.3 is 5.97 Å². The number of aromatic nitrogens is 2. The highest BCUT2D eigenvalue weighted by atomic mass is 16.4. The first-order chi connectivity index (χ1) is 10.0. The Morgan fingerprint density at radius 3 is 2.76 bits per heavy atom. The SMILES string of the molecule is Cc1cc(-c2nnc(CNC(C(=O)O)C3CC3)o2)c(C)o1. The summed E-state index contributed by atoms with van der Waals surface area (Å²) in [5.74, 6) is 1.63. The second-order valence-electron chi connectivity index (χ2n) is 5.36. The molecule has 112 valence electrons. The molecule has 2 N–H and O–H groups in total. The first kappa shape index (κ1) is 13.8. The van der Waals surface area contributed by atoms with Gasteiger partial charge in [-0.2, -0.15) is 0 Å². The van der Waals surface area contributed by atoms with Crippen molar-refractivity contribution in [3.05, 3.63) is 23.5 Å². The number of rotatable bonds is 6. The van der Waals surface area contributed by atoms with E-state index in [0.29, 0.717) is 11.8 Å². The Hall–Kier alpha value is -2.15. The molecule has 3 rings (SSSR count). The van der Waals surface area contributed by atoms with E-state index in [2.05, 4.69) is 15.5 Å². The summed E-state index contributed by atoms with van der Waals surface area (Å²) in [5.41, 5.74) is 0.767. The number of carboxylic acids is 1. The summed E-state index contributed by atoms with van der Waals surface area (Å²) >= 11 is 0. The van der Waals surface area contributed by atoms with Gasteiger partial charge in [0.2, 0.25) is 5.89 Å². The van der Waals surface area contributed by atoms with Gasteiger partial charge in [-0.05, 0) is 38.7 Å². The molecule has 0 aromatic carbocycles. The lowest BCUT2D eigenvalue weighted by Crippen LogP contribution is -2.38. The summed E-state index contributed by atoms with van der Waals surface area (Å²) < 4.78 is 11.0. The molecule has 7 nitrogen and oxygen atoms in total. The molecule has 0 saturated heterocycles. The van der Waals surface area contributed by atoms with Crippen molar-refractivity contribution in [1.82, 2.24) is 15.5 Å². The standard InChI is InChI=1S/C14H17N3O4/c1-7-5-10(8(2)20-7)13-17-16-11(21-13)6-15-12(14(18)19)9-3-4-9/h5,9,12,15H,3-4,6H2,1-2H3,(H,18,19). The monoisotopic (exact) mass is 291 g/mol. The van der Waals surface area contributed by atoms with Gasteiger partial charge in [-0.25, -0.2) is 0 Å². The Kier molecular flexibility index (Phi) is 3.50. The number of nitrogens with one attached hydrogen (secondary N) is 1. The van der Waals surface area contributed by atoms with Gasteiger partial charge in [0.25, 0.3) is 5.89 Å². The maximum Gasteiger partial charge on any atom is 0.320 e. The number of hydrogen-bond acceptors (Lipinski definition) is 6. The van der Waals surface area contributed by atoms with Crippen molar-refractivity contribution < 1.29 is 18.7 Å². The number of aliphatic carboxylic acids is 1. The molecule has 0 amide bonds. The molecule has 1 atom stereocenters. The molecular formula is C14H17N3O4. The average molecular weight is 291 g/mol. The second-order valence-corrected chi connectivity index (χ2v) is 5.36. The summed E-state index contributed by atoms with van der Waals surface area (Å²) in [4.78, 5) is 11.1. The molecule has 0 spiro atoms. The normalized spacial score (nSPS) is 16.1. The predicted octanol–water partition coefficient (Wildman–Crippen LogP) is 1.90. The quantitative estimate of drug-likeness (QED) is 0.838. The molecule has 0 aliphatic heterocycles. The number of aryl methyl sites for hydroxylation is 2. The zero-order valence-corrected chi connectivity index (χ0v) is 11.9. The molecular weight excluding hydrogens is 274 g/mol. The third-order valence-electron chi connectivity index (χ3n) is 3.57.